The second-order valence-corrected chi connectivity index (χ2v) is 6.33. The number of hydrogen-bond donors (Lipinski definition) is 3. The van der Waals surface area contributed by atoms with E-state index in [-0.39, 0.29) is 5.91 Å². The van der Waals surface area contributed by atoms with Crippen molar-refractivity contribution in [2.45, 2.75) is 6.92 Å². The summed E-state index contributed by atoms with van der Waals surface area (Å²) in [7, 11) is 0. The number of fused-ring (bicyclic) bond motifs is 1. The maximum absolute atomic E-state index is 12.5. The Hall–Kier alpha value is -4.01. The Kier molecular flexibility index (Phi) is 5.28. The number of aryl methyl sites for hydroxylation is 1. The number of nitrogens with zero attached hydrogens (tertiary/aromatic N) is 5. The van der Waals surface area contributed by atoms with Crippen molar-refractivity contribution in [3.63, 3.8) is 0 Å². The molecule has 0 bridgehead atoms. The van der Waals surface area contributed by atoms with E-state index < -0.39 is 0 Å². The van der Waals surface area contributed by atoms with Crippen molar-refractivity contribution in [1.29, 1.82) is 0 Å². The first-order valence-corrected chi connectivity index (χ1v) is 9.17. The van der Waals surface area contributed by atoms with Gasteiger partial charge >= 0.3 is 0 Å². The van der Waals surface area contributed by atoms with Crippen molar-refractivity contribution in [2.75, 3.05) is 23.7 Å². The minimum absolute atomic E-state index is 0.162. The average Bonchev–Trinajstić information content (AvgIpc) is 3.09. The highest BCUT2D eigenvalue weighted by Crippen LogP contribution is 2.13. The highest BCUT2D eigenvalue weighted by atomic mass is 16.1. The first-order chi connectivity index (χ1) is 14.2. The van der Waals surface area contributed by atoms with E-state index >= 15 is 0 Å². The van der Waals surface area contributed by atoms with Gasteiger partial charge in [-0.3, -0.25) is 14.2 Å². The van der Waals surface area contributed by atoms with Gasteiger partial charge in [-0.15, -0.1) is 10.2 Å². The molecule has 9 heteroatoms. The van der Waals surface area contributed by atoms with Gasteiger partial charge in [0.2, 0.25) is 0 Å². The number of pyridine rings is 2. The zero-order valence-electron chi connectivity index (χ0n) is 15.8. The van der Waals surface area contributed by atoms with Gasteiger partial charge in [0, 0.05) is 25.5 Å². The maximum Gasteiger partial charge on any atom is 0.270 e. The highest BCUT2D eigenvalue weighted by Gasteiger charge is 2.15. The minimum atomic E-state index is -0.162. The lowest BCUT2D eigenvalue weighted by atomic mass is 10.3. The third kappa shape index (κ3) is 4.29. The van der Waals surface area contributed by atoms with Crippen molar-refractivity contribution in [3.8, 4) is 0 Å². The SMILES string of the molecule is Cc1nc2ccccn2c1C(=O)NCCNc1ccc(Nc2cccnc2)nn1. The molecule has 4 rings (SSSR count). The van der Waals surface area contributed by atoms with E-state index in [0.717, 1.165) is 11.3 Å². The molecule has 29 heavy (non-hydrogen) atoms. The number of carbonyl (C=O) groups is 1. The zero-order valence-corrected chi connectivity index (χ0v) is 15.8. The summed E-state index contributed by atoms with van der Waals surface area (Å²) < 4.78 is 1.79. The van der Waals surface area contributed by atoms with Crippen LogP contribution in [0.15, 0.2) is 61.1 Å². The Balaban J connectivity index is 1.28. The van der Waals surface area contributed by atoms with Gasteiger partial charge in [0.05, 0.1) is 17.6 Å². The molecule has 0 spiro atoms. The van der Waals surface area contributed by atoms with Crippen molar-refractivity contribution >= 4 is 28.9 Å². The fourth-order valence-electron chi connectivity index (χ4n) is 2.92. The predicted octanol–water partition coefficient (Wildman–Crippen LogP) is 2.41. The van der Waals surface area contributed by atoms with Gasteiger partial charge < -0.3 is 16.0 Å². The number of anilines is 3. The lowest BCUT2D eigenvalue weighted by molar-refractivity contribution is 0.0948. The number of amides is 1. The topological polar surface area (TPSA) is 109 Å². The number of nitrogens with one attached hydrogen (secondary N) is 3. The minimum Gasteiger partial charge on any atom is -0.367 e. The number of rotatable bonds is 7. The molecule has 0 aliphatic carbocycles. The number of aromatic nitrogens is 5. The number of carbonyl (C=O) groups excluding carboxylic acids is 1. The molecule has 4 aromatic heterocycles. The van der Waals surface area contributed by atoms with Gasteiger partial charge in [-0.05, 0) is 43.3 Å². The summed E-state index contributed by atoms with van der Waals surface area (Å²) in [4.78, 5) is 21.0. The van der Waals surface area contributed by atoms with Crippen LogP contribution in [0.4, 0.5) is 17.3 Å². The van der Waals surface area contributed by atoms with Gasteiger partial charge in [0.1, 0.15) is 17.2 Å². The van der Waals surface area contributed by atoms with Crippen LogP contribution in [-0.2, 0) is 0 Å². The van der Waals surface area contributed by atoms with Crippen molar-refractivity contribution in [3.05, 3.63) is 72.4 Å². The highest BCUT2D eigenvalue weighted by molar-refractivity contribution is 5.94. The Morgan fingerprint density at radius 2 is 1.90 bits per heavy atom. The molecule has 0 unspecified atom stereocenters. The van der Waals surface area contributed by atoms with E-state index in [2.05, 4.69) is 36.1 Å². The molecule has 4 aromatic rings. The molecule has 9 nitrogen and oxygen atoms in total. The van der Waals surface area contributed by atoms with Crippen molar-refractivity contribution in [2.24, 2.45) is 0 Å². The molecule has 0 atom stereocenters. The van der Waals surface area contributed by atoms with Crippen molar-refractivity contribution < 1.29 is 4.79 Å². The molecule has 0 fully saturated rings. The molecule has 0 saturated heterocycles. The van der Waals surface area contributed by atoms with Gasteiger partial charge in [-0.1, -0.05) is 6.07 Å². The molecule has 3 N–H and O–H groups in total. The van der Waals surface area contributed by atoms with E-state index in [4.69, 9.17) is 0 Å². The van der Waals surface area contributed by atoms with Gasteiger partial charge in [-0.25, -0.2) is 4.98 Å². The summed E-state index contributed by atoms with van der Waals surface area (Å²) in [5.41, 5.74) is 2.84. The second-order valence-electron chi connectivity index (χ2n) is 6.33. The van der Waals surface area contributed by atoms with Crippen molar-refractivity contribution in [1.82, 2.24) is 29.9 Å². The number of hydrogen-bond acceptors (Lipinski definition) is 7. The summed E-state index contributed by atoms with van der Waals surface area (Å²) >= 11 is 0. The molecule has 4 heterocycles. The molecule has 0 aliphatic heterocycles. The quantitative estimate of drug-likeness (QED) is 0.417. The van der Waals surface area contributed by atoms with Crippen LogP contribution in [0.25, 0.3) is 5.65 Å². The van der Waals surface area contributed by atoms with Crippen LogP contribution in [0.2, 0.25) is 0 Å². The van der Waals surface area contributed by atoms with Gasteiger partial charge in [0.15, 0.2) is 5.82 Å². The Bertz CT molecular complexity index is 1110. The van der Waals surface area contributed by atoms with E-state index in [1.807, 2.05) is 55.6 Å². The summed E-state index contributed by atoms with van der Waals surface area (Å²) in [6.07, 6.45) is 5.25. The molecule has 0 radical (unpaired) electrons. The summed E-state index contributed by atoms with van der Waals surface area (Å²) in [5.74, 6) is 1.09. The van der Waals surface area contributed by atoms with Crippen LogP contribution in [0, 0.1) is 6.92 Å². The largest absolute Gasteiger partial charge is 0.367 e. The first-order valence-electron chi connectivity index (χ1n) is 9.17. The monoisotopic (exact) mass is 388 g/mol. The van der Waals surface area contributed by atoms with Gasteiger partial charge in [-0.2, -0.15) is 0 Å². The fraction of sp³-hybridized carbons (Fsp3) is 0.150. The normalized spacial score (nSPS) is 10.7. The summed E-state index contributed by atoms with van der Waals surface area (Å²) in [6.45, 7) is 2.79. The second kappa shape index (κ2) is 8.34. The van der Waals surface area contributed by atoms with Crippen LogP contribution in [0.1, 0.15) is 16.2 Å². The van der Waals surface area contributed by atoms with E-state index in [0.29, 0.717) is 36.1 Å². The molecule has 0 saturated carbocycles. The van der Waals surface area contributed by atoms with Crippen LogP contribution >= 0.6 is 0 Å². The Labute approximate surface area is 167 Å². The molecule has 1 amide bonds. The molecular weight excluding hydrogens is 368 g/mol. The molecule has 0 aromatic carbocycles. The standard InChI is InChI=1S/C20H20N8O/c1-14-19(28-12-3-2-6-18(28)24-14)20(29)23-11-10-22-16-7-8-17(27-26-16)25-15-5-4-9-21-13-15/h2-9,12-13H,10-11H2,1H3,(H,22,26)(H,23,29)(H,25,27). The third-order valence-corrected chi connectivity index (χ3v) is 4.23. The summed E-state index contributed by atoms with van der Waals surface area (Å²) in [6, 6.07) is 13.0. The van der Waals surface area contributed by atoms with Gasteiger partial charge in [0.25, 0.3) is 5.91 Å². The Morgan fingerprint density at radius 3 is 2.69 bits per heavy atom. The predicted molar refractivity (Wildman–Crippen MR) is 110 cm³/mol. The molecule has 146 valence electrons. The first kappa shape index (κ1) is 18.4. The van der Waals surface area contributed by atoms with E-state index in [1.54, 1.807) is 16.8 Å². The van der Waals surface area contributed by atoms with E-state index in [1.165, 1.54) is 0 Å². The number of imidazole rings is 1. The average molecular weight is 388 g/mol. The van der Waals surface area contributed by atoms with Crippen LogP contribution in [0.3, 0.4) is 0 Å². The van der Waals surface area contributed by atoms with Crippen LogP contribution < -0.4 is 16.0 Å². The third-order valence-electron chi connectivity index (χ3n) is 4.23. The summed E-state index contributed by atoms with van der Waals surface area (Å²) in [5, 5.41) is 17.4. The van der Waals surface area contributed by atoms with E-state index in [9.17, 15) is 4.79 Å². The smallest absolute Gasteiger partial charge is 0.270 e. The molecular formula is C20H20N8O. The lowest BCUT2D eigenvalue weighted by Crippen LogP contribution is -2.30. The fourth-order valence-corrected chi connectivity index (χ4v) is 2.92. The van der Waals surface area contributed by atoms with Crippen LogP contribution in [0.5, 0.6) is 0 Å². The lowest BCUT2D eigenvalue weighted by Gasteiger charge is -2.08. The molecule has 0 aliphatic rings. The zero-order chi connectivity index (χ0) is 20.1. The maximum atomic E-state index is 12.5. The van der Waals surface area contributed by atoms with Crippen LogP contribution in [-0.4, -0.2) is 43.6 Å². The Morgan fingerprint density at radius 1 is 1.03 bits per heavy atom.